The van der Waals surface area contributed by atoms with Crippen LogP contribution in [-0.2, 0) is 0 Å². The van der Waals surface area contributed by atoms with Crippen molar-refractivity contribution in [3.05, 3.63) is 0 Å². The molecule has 1 aliphatic heterocycles. The fourth-order valence-corrected chi connectivity index (χ4v) is 2.38. The van der Waals surface area contributed by atoms with E-state index in [1.165, 1.54) is 19.3 Å². The zero-order valence-electron chi connectivity index (χ0n) is 8.02. The van der Waals surface area contributed by atoms with Crippen molar-refractivity contribution < 1.29 is 10.2 Å². The third kappa shape index (κ3) is 2.03. The molecule has 0 amide bonds. The Hall–Kier alpha value is -0.120. The first-order chi connectivity index (χ1) is 6.29. The minimum atomic E-state index is -0.211. The minimum Gasteiger partial charge on any atom is -0.395 e. The molecule has 2 fully saturated rings. The highest BCUT2D eigenvalue weighted by atomic mass is 16.3. The number of hydrogen-bond donors (Lipinski definition) is 2. The number of β-amino-alcohol motifs (C(OH)–C–C–N with tert-alkyl or cyclic N) is 1. The van der Waals surface area contributed by atoms with Gasteiger partial charge in [0, 0.05) is 19.1 Å². The van der Waals surface area contributed by atoms with Crippen LogP contribution in [0.5, 0.6) is 0 Å². The van der Waals surface area contributed by atoms with Crippen LogP contribution in [0, 0.1) is 5.92 Å². The van der Waals surface area contributed by atoms with Crippen LogP contribution in [0.15, 0.2) is 0 Å². The summed E-state index contributed by atoms with van der Waals surface area (Å²) in [6.07, 6.45) is 4.58. The highest BCUT2D eigenvalue weighted by Gasteiger charge is 2.32. The predicted octanol–water partition coefficient (Wildman–Crippen LogP) is 0.214. The Bertz CT molecular complexity index is 170. The van der Waals surface area contributed by atoms with Gasteiger partial charge in [0.1, 0.15) is 0 Å². The van der Waals surface area contributed by atoms with Gasteiger partial charge in [0.2, 0.25) is 0 Å². The third-order valence-electron chi connectivity index (χ3n) is 3.43. The molecule has 1 heterocycles. The summed E-state index contributed by atoms with van der Waals surface area (Å²) in [5.74, 6) is 0.833. The van der Waals surface area contributed by atoms with Crippen LogP contribution >= 0.6 is 0 Å². The molecular formula is C10H19NO2. The van der Waals surface area contributed by atoms with Crippen LogP contribution in [0.25, 0.3) is 0 Å². The van der Waals surface area contributed by atoms with Crippen molar-refractivity contribution in [2.75, 3.05) is 19.7 Å². The van der Waals surface area contributed by atoms with Crippen LogP contribution in [0.3, 0.4) is 0 Å². The summed E-state index contributed by atoms with van der Waals surface area (Å²) in [5.41, 5.74) is 0. The van der Waals surface area contributed by atoms with Gasteiger partial charge in [0.25, 0.3) is 0 Å². The summed E-state index contributed by atoms with van der Waals surface area (Å²) in [4.78, 5) is 2.26. The summed E-state index contributed by atoms with van der Waals surface area (Å²) >= 11 is 0. The van der Waals surface area contributed by atoms with Crippen molar-refractivity contribution in [3.63, 3.8) is 0 Å². The van der Waals surface area contributed by atoms with Crippen molar-refractivity contribution >= 4 is 0 Å². The molecule has 1 saturated heterocycles. The molecule has 76 valence electrons. The molecule has 0 radical (unpaired) electrons. The average Bonchev–Trinajstić information content (AvgIpc) is 2.38. The van der Waals surface area contributed by atoms with Gasteiger partial charge in [-0.2, -0.15) is 0 Å². The molecular weight excluding hydrogens is 166 g/mol. The molecule has 0 aromatic heterocycles. The summed E-state index contributed by atoms with van der Waals surface area (Å²) < 4.78 is 0. The number of nitrogens with zero attached hydrogens (tertiary/aromatic N) is 1. The zero-order chi connectivity index (χ0) is 9.26. The number of hydrogen-bond acceptors (Lipinski definition) is 3. The summed E-state index contributed by atoms with van der Waals surface area (Å²) in [5, 5.41) is 18.6. The topological polar surface area (TPSA) is 43.7 Å². The van der Waals surface area contributed by atoms with Crippen molar-refractivity contribution in [2.24, 2.45) is 5.92 Å². The highest BCUT2D eigenvalue weighted by Crippen LogP contribution is 2.29. The van der Waals surface area contributed by atoms with Gasteiger partial charge in [-0.25, -0.2) is 0 Å². The lowest BCUT2D eigenvalue weighted by molar-refractivity contribution is 0.116. The Morgan fingerprint density at radius 3 is 2.62 bits per heavy atom. The molecule has 0 aromatic rings. The second-order valence-corrected chi connectivity index (χ2v) is 4.48. The van der Waals surface area contributed by atoms with Gasteiger partial charge >= 0.3 is 0 Å². The van der Waals surface area contributed by atoms with E-state index < -0.39 is 0 Å². The lowest BCUT2D eigenvalue weighted by atomic mass is 9.85. The van der Waals surface area contributed by atoms with Crippen LogP contribution in [0.2, 0.25) is 0 Å². The fourth-order valence-electron chi connectivity index (χ4n) is 2.38. The zero-order valence-corrected chi connectivity index (χ0v) is 8.02. The minimum absolute atomic E-state index is 0.198. The Morgan fingerprint density at radius 2 is 2.08 bits per heavy atom. The van der Waals surface area contributed by atoms with Gasteiger partial charge < -0.3 is 10.2 Å². The second-order valence-electron chi connectivity index (χ2n) is 4.48. The quantitative estimate of drug-likeness (QED) is 0.661. The van der Waals surface area contributed by atoms with E-state index in [0.717, 1.165) is 25.4 Å². The SMILES string of the molecule is OC[C@@H]1C[C@@H](O)CN1CC1CCC1. The maximum Gasteiger partial charge on any atom is 0.0683 e. The molecule has 0 unspecified atom stereocenters. The molecule has 3 heteroatoms. The maximum absolute atomic E-state index is 9.45. The first kappa shape index (κ1) is 9.44. The molecule has 3 nitrogen and oxygen atoms in total. The van der Waals surface area contributed by atoms with Crippen molar-refractivity contribution in [1.29, 1.82) is 0 Å². The van der Waals surface area contributed by atoms with Gasteiger partial charge in [0.15, 0.2) is 0 Å². The smallest absolute Gasteiger partial charge is 0.0683 e. The Morgan fingerprint density at radius 1 is 1.31 bits per heavy atom. The molecule has 0 aromatic carbocycles. The van der Waals surface area contributed by atoms with Crippen LogP contribution in [0.1, 0.15) is 25.7 Å². The molecule has 0 spiro atoms. The number of aliphatic hydroxyl groups is 2. The molecule has 0 bridgehead atoms. The van der Waals surface area contributed by atoms with E-state index in [2.05, 4.69) is 4.90 Å². The molecule has 13 heavy (non-hydrogen) atoms. The largest absolute Gasteiger partial charge is 0.395 e. The van der Waals surface area contributed by atoms with E-state index in [0.29, 0.717) is 0 Å². The van der Waals surface area contributed by atoms with E-state index in [-0.39, 0.29) is 18.8 Å². The standard InChI is InChI=1S/C10H19NO2/c12-7-9-4-10(13)6-11(9)5-8-2-1-3-8/h8-10,12-13H,1-7H2/t9-,10+/m0/s1. The van der Waals surface area contributed by atoms with E-state index in [9.17, 15) is 5.11 Å². The lowest BCUT2D eigenvalue weighted by Crippen LogP contribution is -2.38. The second kappa shape index (κ2) is 3.95. The number of likely N-dealkylation sites (tertiary alicyclic amines) is 1. The molecule has 2 atom stereocenters. The summed E-state index contributed by atoms with van der Waals surface area (Å²) in [7, 11) is 0. The third-order valence-corrected chi connectivity index (χ3v) is 3.43. The van der Waals surface area contributed by atoms with E-state index in [4.69, 9.17) is 5.11 Å². The van der Waals surface area contributed by atoms with E-state index >= 15 is 0 Å². The Balaban J connectivity index is 1.82. The number of aliphatic hydroxyl groups excluding tert-OH is 2. The van der Waals surface area contributed by atoms with Crippen molar-refractivity contribution in [1.82, 2.24) is 4.90 Å². The fraction of sp³-hybridized carbons (Fsp3) is 1.00. The van der Waals surface area contributed by atoms with Gasteiger partial charge in [0.05, 0.1) is 12.7 Å². The molecule has 2 rings (SSSR count). The normalized spacial score (nSPS) is 36.5. The van der Waals surface area contributed by atoms with Gasteiger partial charge in [-0.1, -0.05) is 6.42 Å². The van der Waals surface area contributed by atoms with Crippen LogP contribution < -0.4 is 0 Å². The summed E-state index contributed by atoms with van der Waals surface area (Å²) in [6, 6.07) is 0.218. The van der Waals surface area contributed by atoms with Gasteiger partial charge in [-0.3, -0.25) is 4.90 Å². The maximum atomic E-state index is 9.45. The average molecular weight is 185 g/mol. The van der Waals surface area contributed by atoms with E-state index in [1.807, 2.05) is 0 Å². The lowest BCUT2D eigenvalue weighted by Gasteiger charge is -2.32. The van der Waals surface area contributed by atoms with Crippen LogP contribution in [0.4, 0.5) is 0 Å². The number of rotatable bonds is 3. The Labute approximate surface area is 79.4 Å². The van der Waals surface area contributed by atoms with Gasteiger partial charge in [-0.15, -0.1) is 0 Å². The summed E-state index contributed by atoms with van der Waals surface area (Å²) in [6.45, 7) is 2.05. The highest BCUT2D eigenvalue weighted by molar-refractivity contribution is 4.87. The van der Waals surface area contributed by atoms with Gasteiger partial charge in [-0.05, 0) is 25.2 Å². The van der Waals surface area contributed by atoms with Crippen molar-refractivity contribution in [2.45, 2.75) is 37.8 Å². The van der Waals surface area contributed by atoms with E-state index in [1.54, 1.807) is 0 Å². The first-order valence-corrected chi connectivity index (χ1v) is 5.32. The van der Waals surface area contributed by atoms with Crippen molar-refractivity contribution in [3.8, 4) is 0 Å². The first-order valence-electron chi connectivity index (χ1n) is 5.32. The molecule has 1 saturated carbocycles. The molecule has 2 aliphatic rings. The Kier molecular flexibility index (Phi) is 2.86. The monoisotopic (exact) mass is 185 g/mol. The molecule has 2 N–H and O–H groups in total. The molecule has 1 aliphatic carbocycles. The van der Waals surface area contributed by atoms with Crippen LogP contribution in [-0.4, -0.2) is 47.0 Å². The predicted molar refractivity (Wildman–Crippen MR) is 50.4 cm³/mol.